The van der Waals surface area contributed by atoms with Crippen LogP contribution in [0.15, 0.2) is 65.1 Å². The van der Waals surface area contributed by atoms with Gasteiger partial charge in [0.2, 0.25) is 0 Å². The van der Waals surface area contributed by atoms with Gasteiger partial charge in [0, 0.05) is 0 Å². The van der Waals surface area contributed by atoms with E-state index in [0.717, 1.165) is 0 Å². The van der Waals surface area contributed by atoms with Gasteiger partial charge in [0.1, 0.15) is 0 Å². The molecule has 3 aromatic carbocycles. The van der Waals surface area contributed by atoms with E-state index in [4.69, 9.17) is 17.0 Å². The average Bonchev–Trinajstić information content (AvgIpc) is 3.01. The predicted octanol–water partition coefficient (Wildman–Crippen LogP) is 6.41. The molecule has 0 aliphatic carbocycles. The van der Waals surface area contributed by atoms with Crippen molar-refractivity contribution in [1.29, 1.82) is 0 Å². The van der Waals surface area contributed by atoms with E-state index in [2.05, 4.69) is 53.2 Å². The Morgan fingerprint density at radius 1 is 1.11 bits per heavy atom. The van der Waals surface area contributed by atoms with Gasteiger partial charge in [-0.05, 0) is 4.47 Å². The number of benzene rings is 1. The summed E-state index contributed by atoms with van der Waals surface area (Å²) in [4.78, 5) is 0. The van der Waals surface area contributed by atoms with E-state index >= 15 is 0 Å². The minimum atomic E-state index is -0.826. The summed E-state index contributed by atoms with van der Waals surface area (Å²) >= 11 is 2.68. The van der Waals surface area contributed by atoms with Crippen LogP contribution in [0.4, 0.5) is 0 Å². The molecule has 0 saturated heterocycles. The van der Waals surface area contributed by atoms with Crippen LogP contribution < -0.4 is 0 Å². The zero-order chi connectivity index (χ0) is 14.1. The van der Waals surface area contributed by atoms with Crippen molar-refractivity contribution in [2.24, 2.45) is 0 Å². The Bertz CT molecular complexity index is 556. The Balaban J connectivity index is 0.000000188. The summed E-state index contributed by atoms with van der Waals surface area (Å²) < 4.78 is 1.18. The molecule has 0 radical (unpaired) electrons. The average molecular weight is 435 g/mol. The second-order valence-electron chi connectivity index (χ2n) is 3.81. The van der Waals surface area contributed by atoms with Gasteiger partial charge >= 0.3 is 37.9 Å². The van der Waals surface area contributed by atoms with Crippen molar-refractivity contribution in [1.82, 2.24) is 0 Å². The fourth-order valence-corrected chi connectivity index (χ4v) is 2.16. The van der Waals surface area contributed by atoms with E-state index in [9.17, 15) is 0 Å². The van der Waals surface area contributed by atoms with E-state index in [1.807, 2.05) is 30.3 Å². The molecule has 0 heterocycles. The molecule has 19 heavy (non-hydrogen) atoms. The van der Waals surface area contributed by atoms with Gasteiger partial charge in [0.25, 0.3) is 0 Å². The van der Waals surface area contributed by atoms with Crippen LogP contribution in [0.1, 0.15) is 5.56 Å². The molecule has 0 aromatic heterocycles. The monoisotopic (exact) mass is 432 g/mol. The first kappa shape index (κ1) is 17.2. The van der Waals surface area contributed by atoms with E-state index in [1.54, 1.807) is 0 Å². The summed E-state index contributed by atoms with van der Waals surface area (Å²) in [6.45, 7) is 2.12. The number of hydrogen-bond acceptors (Lipinski definition) is 0. The Labute approximate surface area is 141 Å². The first-order valence-corrected chi connectivity index (χ1v) is 12.8. The van der Waals surface area contributed by atoms with Gasteiger partial charge in [0.15, 0.2) is 0 Å². The number of rotatable bonds is 0. The molecule has 0 amide bonds. The molecule has 3 aromatic rings. The molecule has 0 aliphatic heterocycles. The fourth-order valence-electron chi connectivity index (χ4n) is 1.67. The van der Waals surface area contributed by atoms with Crippen LogP contribution in [-0.2, 0) is 20.8 Å². The number of halogens is 3. The molecule has 0 fully saturated rings. The van der Waals surface area contributed by atoms with Crippen LogP contribution >= 0.6 is 33.0 Å². The largest absolute Gasteiger partial charge is 0.214 e. The zero-order valence-electron chi connectivity index (χ0n) is 10.4. The molecular formula is C15H13BrCl2Zr. The van der Waals surface area contributed by atoms with Crippen molar-refractivity contribution in [2.45, 2.75) is 6.92 Å². The van der Waals surface area contributed by atoms with Gasteiger partial charge in [-0.3, -0.25) is 0 Å². The number of hydrogen-bond donors (Lipinski definition) is 0. The number of fused-ring (bicyclic) bond motifs is 1. The Kier molecular flexibility index (Phi) is 8.98. The zero-order valence-corrected chi connectivity index (χ0v) is 16.0. The molecule has 0 saturated carbocycles. The Morgan fingerprint density at radius 2 is 1.74 bits per heavy atom. The van der Waals surface area contributed by atoms with Crippen LogP contribution in [0.5, 0.6) is 0 Å². The van der Waals surface area contributed by atoms with E-state index in [-0.39, 0.29) is 0 Å². The maximum Gasteiger partial charge on any atom is -0.172 e. The van der Waals surface area contributed by atoms with Gasteiger partial charge in [-0.2, -0.15) is 24.3 Å². The van der Waals surface area contributed by atoms with E-state index in [1.165, 1.54) is 20.8 Å². The van der Waals surface area contributed by atoms with E-state index in [0.29, 0.717) is 0 Å². The third-order valence-corrected chi connectivity index (χ3v) is 3.09. The van der Waals surface area contributed by atoms with Crippen LogP contribution in [0.2, 0.25) is 0 Å². The van der Waals surface area contributed by atoms with Crippen molar-refractivity contribution in [3.8, 4) is 0 Å². The molecule has 0 spiro atoms. The van der Waals surface area contributed by atoms with Crippen LogP contribution in [-0.4, -0.2) is 0 Å². The Hall–Kier alpha value is 0.123. The van der Waals surface area contributed by atoms with Crippen molar-refractivity contribution in [3.05, 3.63) is 70.7 Å². The quantitative estimate of drug-likeness (QED) is 0.358. The molecule has 0 bridgehead atoms. The van der Waals surface area contributed by atoms with Gasteiger partial charge in [0.05, 0.1) is 0 Å². The van der Waals surface area contributed by atoms with Gasteiger partial charge < -0.3 is 0 Å². The molecule has 0 aliphatic rings. The van der Waals surface area contributed by atoms with Gasteiger partial charge in [-0.25, -0.2) is 12.1 Å². The van der Waals surface area contributed by atoms with Crippen molar-refractivity contribution in [2.75, 3.05) is 0 Å². The first-order valence-electron chi connectivity index (χ1n) is 5.63. The number of aryl methyl sites for hydroxylation is 1. The van der Waals surface area contributed by atoms with Crippen LogP contribution in [0.25, 0.3) is 10.8 Å². The third kappa shape index (κ3) is 6.40. The molecule has 0 N–H and O–H groups in total. The maximum atomic E-state index is 4.93. The standard InChI is InChI=1S/C10H8Br.C5H5.2ClH.Zr/c1-7-5-8-3-2-4-10(11)9(8)6-7;1-2-4-5-3-1;;;/h2-6H,1H3;1-5H;2*1H;/q2*-1;;;+4/p-2. The molecule has 4 heteroatoms. The summed E-state index contributed by atoms with van der Waals surface area (Å²) in [7, 11) is 9.87. The SMILES string of the molecule is Cc1cc2c(Br)cccc2[cH-]1.[Cl][Zr+2][Cl].c1cc[cH-]c1. The van der Waals surface area contributed by atoms with E-state index < -0.39 is 20.8 Å². The van der Waals surface area contributed by atoms with Crippen LogP contribution in [0.3, 0.4) is 0 Å². The predicted molar refractivity (Wildman–Crippen MR) is 85.7 cm³/mol. The Morgan fingerprint density at radius 3 is 2.21 bits per heavy atom. The minimum Gasteiger partial charge on any atom is -0.214 e. The minimum absolute atomic E-state index is 0.826. The van der Waals surface area contributed by atoms with Gasteiger partial charge in [-0.1, -0.05) is 28.9 Å². The molecule has 3 rings (SSSR count). The summed E-state index contributed by atoms with van der Waals surface area (Å²) in [6.07, 6.45) is 0. The fraction of sp³-hybridized carbons (Fsp3) is 0.0667. The summed E-state index contributed by atoms with van der Waals surface area (Å²) in [6, 6.07) is 20.7. The molecule has 0 atom stereocenters. The normalized spacial score (nSPS) is 8.84. The summed E-state index contributed by atoms with van der Waals surface area (Å²) in [5.41, 5.74) is 1.33. The molecule has 98 valence electrons. The van der Waals surface area contributed by atoms with Crippen LogP contribution in [0, 0.1) is 6.92 Å². The van der Waals surface area contributed by atoms with Crippen molar-refractivity contribution < 1.29 is 20.8 Å². The molecule has 0 nitrogen and oxygen atoms in total. The third-order valence-electron chi connectivity index (χ3n) is 2.40. The second kappa shape index (κ2) is 9.94. The summed E-state index contributed by atoms with van der Waals surface area (Å²) in [5, 5.41) is 2.63. The second-order valence-corrected chi connectivity index (χ2v) is 8.40. The summed E-state index contributed by atoms with van der Waals surface area (Å²) in [5.74, 6) is 0. The smallest absolute Gasteiger partial charge is 0.172 e. The van der Waals surface area contributed by atoms with Gasteiger partial charge in [-0.15, -0.1) is 34.5 Å². The van der Waals surface area contributed by atoms with Crippen molar-refractivity contribution >= 4 is 43.7 Å². The van der Waals surface area contributed by atoms with Crippen molar-refractivity contribution in [3.63, 3.8) is 0 Å². The molecule has 0 unspecified atom stereocenters. The molecular weight excluding hydrogens is 422 g/mol. The first-order chi connectivity index (χ1) is 9.19. The maximum absolute atomic E-state index is 4.93. The topological polar surface area (TPSA) is 0 Å².